The molecule has 7 nitrogen and oxygen atoms in total. The molecule has 4 N–H and O–H groups in total. The first kappa shape index (κ1) is 17.9. The predicted molar refractivity (Wildman–Crippen MR) is 88.3 cm³/mol. The number of phenols is 1. The second kappa shape index (κ2) is 8.42. The van der Waals surface area contributed by atoms with Crippen LogP contribution in [0.3, 0.4) is 0 Å². The summed E-state index contributed by atoms with van der Waals surface area (Å²) in [5, 5.41) is 23.7. The van der Waals surface area contributed by atoms with E-state index in [1.54, 1.807) is 12.1 Å². The van der Waals surface area contributed by atoms with E-state index in [0.717, 1.165) is 24.8 Å². The van der Waals surface area contributed by atoms with Crippen molar-refractivity contribution in [2.75, 3.05) is 13.7 Å². The van der Waals surface area contributed by atoms with Crippen LogP contribution in [0.25, 0.3) is 0 Å². The van der Waals surface area contributed by atoms with Gasteiger partial charge < -0.3 is 25.6 Å². The summed E-state index contributed by atoms with van der Waals surface area (Å²) in [6.07, 6.45) is 3.14. The number of amides is 2. The van der Waals surface area contributed by atoms with Gasteiger partial charge in [-0.3, -0.25) is 4.79 Å². The minimum Gasteiger partial charge on any atom is -0.504 e. The van der Waals surface area contributed by atoms with Crippen LogP contribution in [0, 0.1) is 5.92 Å². The molecule has 1 aliphatic rings. The molecule has 0 bridgehead atoms. The van der Waals surface area contributed by atoms with Crippen molar-refractivity contribution >= 4 is 12.0 Å². The Morgan fingerprint density at radius 3 is 2.67 bits per heavy atom. The molecule has 1 unspecified atom stereocenters. The van der Waals surface area contributed by atoms with Crippen LogP contribution in [-0.2, 0) is 11.2 Å². The number of carbonyl (C=O) groups is 2. The summed E-state index contributed by atoms with van der Waals surface area (Å²) in [4.78, 5) is 23.1. The predicted octanol–water partition coefficient (Wildman–Crippen LogP) is 1.89. The topological polar surface area (TPSA) is 108 Å². The van der Waals surface area contributed by atoms with Gasteiger partial charge in [0.05, 0.1) is 7.11 Å². The number of ether oxygens (including phenoxy) is 1. The Hall–Kier alpha value is -2.44. The van der Waals surface area contributed by atoms with E-state index in [-0.39, 0.29) is 11.7 Å². The maximum atomic E-state index is 12.2. The van der Waals surface area contributed by atoms with E-state index >= 15 is 0 Å². The monoisotopic (exact) mass is 336 g/mol. The highest BCUT2D eigenvalue weighted by Crippen LogP contribution is 2.30. The lowest BCUT2D eigenvalue weighted by Crippen LogP contribution is -2.48. The number of hydrogen-bond donors (Lipinski definition) is 4. The van der Waals surface area contributed by atoms with Crippen LogP contribution in [-0.4, -0.2) is 41.9 Å². The molecule has 0 radical (unpaired) electrons. The number of benzene rings is 1. The lowest BCUT2D eigenvalue weighted by atomic mass is 9.80. The minimum atomic E-state index is -1.19. The van der Waals surface area contributed by atoms with Gasteiger partial charge in [-0.25, -0.2) is 4.79 Å². The molecule has 1 saturated carbocycles. The zero-order valence-corrected chi connectivity index (χ0v) is 13.7. The maximum absolute atomic E-state index is 12.2. The van der Waals surface area contributed by atoms with Crippen LogP contribution in [0.2, 0.25) is 0 Å². The van der Waals surface area contributed by atoms with E-state index in [1.165, 1.54) is 7.11 Å². The first-order chi connectivity index (χ1) is 11.5. The lowest BCUT2D eigenvalue weighted by molar-refractivity contribution is -0.123. The van der Waals surface area contributed by atoms with Crippen molar-refractivity contribution in [2.24, 2.45) is 5.92 Å². The third-order valence-electron chi connectivity index (χ3n) is 4.36. The number of phenolic OH excluding ortho intramolecular Hbond substituents is 1. The third-order valence-corrected chi connectivity index (χ3v) is 4.36. The molecule has 0 heterocycles. The fourth-order valence-corrected chi connectivity index (χ4v) is 2.79. The smallest absolute Gasteiger partial charge is 0.405 e. The molecular weight excluding hydrogens is 312 g/mol. The van der Waals surface area contributed by atoms with Gasteiger partial charge in [0.15, 0.2) is 11.5 Å². The van der Waals surface area contributed by atoms with Crippen molar-refractivity contribution in [3.63, 3.8) is 0 Å². The van der Waals surface area contributed by atoms with Crippen LogP contribution >= 0.6 is 0 Å². The normalized spacial score (nSPS) is 15.2. The van der Waals surface area contributed by atoms with Gasteiger partial charge in [0, 0.05) is 6.54 Å². The van der Waals surface area contributed by atoms with Gasteiger partial charge in [-0.15, -0.1) is 0 Å². The van der Waals surface area contributed by atoms with Crippen molar-refractivity contribution < 1.29 is 24.5 Å². The number of nitrogens with one attached hydrogen (secondary N) is 2. The van der Waals surface area contributed by atoms with Gasteiger partial charge in [0.1, 0.15) is 6.04 Å². The molecule has 0 aromatic heterocycles. The van der Waals surface area contributed by atoms with E-state index in [0.29, 0.717) is 31.1 Å². The van der Waals surface area contributed by atoms with Crippen molar-refractivity contribution in [3.05, 3.63) is 23.8 Å². The summed E-state index contributed by atoms with van der Waals surface area (Å²) in [6, 6.07) is 4.35. The summed E-state index contributed by atoms with van der Waals surface area (Å²) < 4.78 is 4.98. The number of rotatable bonds is 8. The van der Waals surface area contributed by atoms with Gasteiger partial charge in [-0.1, -0.05) is 25.3 Å². The van der Waals surface area contributed by atoms with Crippen molar-refractivity contribution in [1.82, 2.24) is 10.6 Å². The molecule has 2 amide bonds. The second-order valence-electron chi connectivity index (χ2n) is 6.08. The number of carboxylic acid groups (broad SMARTS) is 1. The highest BCUT2D eigenvalue weighted by molar-refractivity contribution is 5.85. The van der Waals surface area contributed by atoms with E-state index in [1.807, 2.05) is 6.07 Å². The largest absolute Gasteiger partial charge is 0.504 e. The molecular formula is C17H24N2O5. The minimum absolute atomic E-state index is 0.0525. The van der Waals surface area contributed by atoms with Crippen LogP contribution in [0.15, 0.2) is 18.2 Å². The average molecular weight is 336 g/mol. The molecule has 24 heavy (non-hydrogen) atoms. The van der Waals surface area contributed by atoms with Crippen LogP contribution < -0.4 is 15.4 Å². The Kier molecular flexibility index (Phi) is 6.28. The molecule has 1 fully saturated rings. The Bertz CT molecular complexity index is 586. The highest BCUT2D eigenvalue weighted by Gasteiger charge is 2.27. The standard InChI is InChI=1S/C17H24N2O5/c1-24-15-6-5-12(10-14(15)20)7-8-18-16(21)13(19-17(22)23)9-11-3-2-4-11/h5-6,10-11,13,19-20H,2-4,7-9H2,1H3,(H,18,21)(H,22,23). The molecule has 1 aromatic rings. The molecule has 1 aliphatic carbocycles. The van der Waals surface area contributed by atoms with Crippen LogP contribution in [0.5, 0.6) is 11.5 Å². The maximum Gasteiger partial charge on any atom is 0.405 e. The first-order valence-electron chi connectivity index (χ1n) is 8.12. The highest BCUT2D eigenvalue weighted by atomic mass is 16.5. The summed E-state index contributed by atoms with van der Waals surface area (Å²) in [6.45, 7) is 0.368. The molecule has 1 aromatic carbocycles. The number of carbonyl (C=O) groups excluding carboxylic acids is 1. The Labute approximate surface area is 141 Å². The zero-order valence-electron chi connectivity index (χ0n) is 13.7. The zero-order chi connectivity index (χ0) is 17.5. The Morgan fingerprint density at radius 2 is 2.12 bits per heavy atom. The van der Waals surface area contributed by atoms with E-state index in [9.17, 15) is 14.7 Å². The van der Waals surface area contributed by atoms with Gasteiger partial charge in [0.2, 0.25) is 5.91 Å². The van der Waals surface area contributed by atoms with Crippen molar-refractivity contribution in [2.45, 2.75) is 38.1 Å². The number of aromatic hydroxyl groups is 1. The molecule has 132 valence electrons. The first-order valence-corrected chi connectivity index (χ1v) is 8.12. The lowest BCUT2D eigenvalue weighted by Gasteiger charge is -2.29. The fraction of sp³-hybridized carbons (Fsp3) is 0.529. The van der Waals surface area contributed by atoms with Gasteiger partial charge in [0.25, 0.3) is 0 Å². The van der Waals surface area contributed by atoms with Crippen molar-refractivity contribution in [1.29, 1.82) is 0 Å². The SMILES string of the molecule is COc1ccc(CCNC(=O)C(CC2CCC2)NC(=O)O)cc1O. The number of methoxy groups -OCH3 is 1. The Balaban J connectivity index is 1.83. The van der Waals surface area contributed by atoms with E-state index in [4.69, 9.17) is 9.84 Å². The van der Waals surface area contributed by atoms with E-state index in [2.05, 4.69) is 10.6 Å². The summed E-state index contributed by atoms with van der Waals surface area (Å²) in [5.41, 5.74) is 0.857. The summed E-state index contributed by atoms with van der Waals surface area (Å²) >= 11 is 0. The van der Waals surface area contributed by atoms with Crippen molar-refractivity contribution in [3.8, 4) is 11.5 Å². The quantitative estimate of drug-likeness (QED) is 0.580. The molecule has 0 aliphatic heterocycles. The average Bonchev–Trinajstić information content (AvgIpc) is 2.49. The number of hydrogen-bond acceptors (Lipinski definition) is 4. The molecule has 2 rings (SSSR count). The molecule has 7 heteroatoms. The van der Waals surface area contributed by atoms with E-state index < -0.39 is 12.1 Å². The summed E-state index contributed by atoms with van der Waals surface area (Å²) in [7, 11) is 1.48. The molecule has 0 saturated heterocycles. The van der Waals surface area contributed by atoms with Crippen LogP contribution in [0.1, 0.15) is 31.2 Å². The second-order valence-corrected chi connectivity index (χ2v) is 6.08. The Morgan fingerprint density at radius 1 is 1.38 bits per heavy atom. The fourth-order valence-electron chi connectivity index (χ4n) is 2.79. The molecule has 0 spiro atoms. The van der Waals surface area contributed by atoms with Gasteiger partial charge in [-0.05, 0) is 36.5 Å². The third kappa shape index (κ3) is 5.04. The van der Waals surface area contributed by atoms with Crippen LogP contribution in [0.4, 0.5) is 4.79 Å². The van der Waals surface area contributed by atoms with Gasteiger partial charge >= 0.3 is 6.09 Å². The van der Waals surface area contributed by atoms with Gasteiger partial charge in [-0.2, -0.15) is 0 Å². The summed E-state index contributed by atoms with van der Waals surface area (Å²) in [5.74, 6) is 0.568. The molecule has 1 atom stereocenters.